The van der Waals surface area contributed by atoms with E-state index in [1.54, 1.807) is 18.2 Å². The van der Waals surface area contributed by atoms with Crippen LogP contribution in [0.15, 0.2) is 24.3 Å². The molecule has 0 bridgehead atoms. The summed E-state index contributed by atoms with van der Waals surface area (Å²) in [6.07, 6.45) is 4.86. The van der Waals surface area contributed by atoms with E-state index in [1.807, 2.05) is 4.90 Å². The number of amides is 1. The second-order valence-electron chi connectivity index (χ2n) is 5.58. The first-order chi connectivity index (χ1) is 8.74. The molecule has 0 radical (unpaired) electrons. The van der Waals surface area contributed by atoms with Crippen molar-refractivity contribution in [3.8, 4) is 0 Å². The fourth-order valence-corrected chi connectivity index (χ4v) is 2.27. The van der Waals surface area contributed by atoms with Gasteiger partial charge in [0.15, 0.2) is 0 Å². The lowest BCUT2D eigenvalue weighted by Gasteiger charge is -2.22. The highest BCUT2D eigenvalue weighted by Crippen LogP contribution is 2.34. The minimum absolute atomic E-state index is 0.132. The third-order valence-corrected chi connectivity index (χ3v) is 3.74. The SMILES string of the molecule is O=C(c1ccccc1F)N(CC1CC1)CC1CC1. The molecule has 1 aromatic rings. The highest BCUT2D eigenvalue weighted by Gasteiger charge is 2.32. The summed E-state index contributed by atoms with van der Waals surface area (Å²) in [4.78, 5) is 14.2. The van der Waals surface area contributed by atoms with Gasteiger partial charge in [0.25, 0.3) is 5.91 Å². The second kappa shape index (κ2) is 4.71. The predicted octanol–water partition coefficient (Wildman–Crippen LogP) is 3.09. The highest BCUT2D eigenvalue weighted by atomic mass is 19.1. The largest absolute Gasteiger partial charge is 0.338 e. The molecule has 0 unspecified atom stereocenters. The van der Waals surface area contributed by atoms with Gasteiger partial charge in [-0.1, -0.05) is 12.1 Å². The molecule has 18 heavy (non-hydrogen) atoms. The van der Waals surface area contributed by atoms with Crippen LogP contribution in [-0.4, -0.2) is 23.9 Å². The van der Waals surface area contributed by atoms with Crippen molar-refractivity contribution in [2.75, 3.05) is 13.1 Å². The van der Waals surface area contributed by atoms with Gasteiger partial charge in [-0.15, -0.1) is 0 Å². The summed E-state index contributed by atoms with van der Waals surface area (Å²) in [6.45, 7) is 1.62. The monoisotopic (exact) mass is 247 g/mol. The summed E-state index contributed by atoms with van der Waals surface area (Å²) in [7, 11) is 0. The van der Waals surface area contributed by atoms with Crippen LogP contribution in [0, 0.1) is 17.7 Å². The zero-order valence-electron chi connectivity index (χ0n) is 10.4. The molecule has 3 heteroatoms. The van der Waals surface area contributed by atoms with Gasteiger partial charge in [-0.3, -0.25) is 4.79 Å². The molecular weight excluding hydrogens is 229 g/mol. The van der Waals surface area contributed by atoms with E-state index >= 15 is 0 Å². The van der Waals surface area contributed by atoms with Gasteiger partial charge in [0.05, 0.1) is 5.56 Å². The van der Waals surface area contributed by atoms with Crippen LogP contribution in [-0.2, 0) is 0 Å². The summed E-state index contributed by atoms with van der Waals surface area (Å²) in [5.74, 6) is 0.768. The van der Waals surface area contributed by atoms with E-state index in [0.717, 1.165) is 13.1 Å². The van der Waals surface area contributed by atoms with Crippen LogP contribution in [0.4, 0.5) is 4.39 Å². The molecule has 2 fully saturated rings. The summed E-state index contributed by atoms with van der Waals surface area (Å²) in [5, 5.41) is 0. The summed E-state index contributed by atoms with van der Waals surface area (Å²) in [6, 6.07) is 6.30. The number of halogens is 1. The average Bonchev–Trinajstić information content (AvgIpc) is 3.23. The van der Waals surface area contributed by atoms with E-state index in [4.69, 9.17) is 0 Å². The Morgan fingerprint density at radius 2 is 1.67 bits per heavy atom. The van der Waals surface area contributed by atoms with Gasteiger partial charge in [0, 0.05) is 13.1 Å². The number of benzene rings is 1. The lowest BCUT2D eigenvalue weighted by atomic mass is 10.1. The molecule has 0 heterocycles. The van der Waals surface area contributed by atoms with Crippen molar-refractivity contribution in [3.05, 3.63) is 35.6 Å². The zero-order valence-corrected chi connectivity index (χ0v) is 10.4. The lowest BCUT2D eigenvalue weighted by molar-refractivity contribution is 0.0735. The minimum atomic E-state index is -0.404. The number of hydrogen-bond acceptors (Lipinski definition) is 1. The van der Waals surface area contributed by atoms with Crippen LogP contribution in [0.5, 0.6) is 0 Å². The molecule has 2 nitrogen and oxygen atoms in total. The standard InChI is InChI=1S/C15H18FNO/c16-14-4-2-1-3-13(14)15(18)17(9-11-5-6-11)10-12-7-8-12/h1-4,11-12H,5-10H2. The molecule has 0 N–H and O–H groups in total. The lowest BCUT2D eigenvalue weighted by Crippen LogP contribution is -2.35. The van der Waals surface area contributed by atoms with E-state index in [9.17, 15) is 9.18 Å². The highest BCUT2D eigenvalue weighted by molar-refractivity contribution is 5.94. The fraction of sp³-hybridized carbons (Fsp3) is 0.533. The molecule has 2 saturated carbocycles. The number of rotatable bonds is 5. The Kier molecular flexibility index (Phi) is 3.06. The third kappa shape index (κ3) is 2.71. The van der Waals surface area contributed by atoms with Gasteiger partial charge in [-0.2, -0.15) is 0 Å². The Bertz CT molecular complexity index is 438. The first-order valence-corrected chi connectivity index (χ1v) is 6.78. The van der Waals surface area contributed by atoms with Crippen molar-refractivity contribution in [1.82, 2.24) is 4.90 Å². The van der Waals surface area contributed by atoms with Gasteiger partial charge in [0.1, 0.15) is 5.82 Å². The summed E-state index contributed by atoms with van der Waals surface area (Å²) < 4.78 is 13.7. The van der Waals surface area contributed by atoms with Crippen molar-refractivity contribution in [1.29, 1.82) is 0 Å². The van der Waals surface area contributed by atoms with E-state index in [1.165, 1.54) is 31.7 Å². The molecule has 3 rings (SSSR count). The number of carbonyl (C=O) groups excluding carboxylic acids is 1. The Balaban J connectivity index is 1.75. The quantitative estimate of drug-likeness (QED) is 0.783. The smallest absolute Gasteiger partial charge is 0.256 e. The molecule has 2 aliphatic rings. The summed E-state index contributed by atoms with van der Waals surface area (Å²) >= 11 is 0. The Morgan fingerprint density at radius 1 is 1.11 bits per heavy atom. The van der Waals surface area contributed by atoms with Crippen molar-refractivity contribution in [2.24, 2.45) is 11.8 Å². The zero-order chi connectivity index (χ0) is 12.5. The molecule has 2 aliphatic carbocycles. The van der Waals surface area contributed by atoms with Gasteiger partial charge < -0.3 is 4.90 Å². The molecule has 0 saturated heterocycles. The normalized spacial score (nSPS) is 18.7. The average molecular weight is 247 g/mol. The number of hydrogen-bond donors (Lipinski definition) is 0. The Morgan fingerprint density at radius 3 is 2.17 bits per heavy atom. The van der Waals surface area contributed by atoms with Crippen LogP contribution in [0.2, 0.25) is 0 Å². The van der Waals surface area contributed by atoms with Crippen LogP contribution in [0.1, 0.15) is 36.0 Å². The Hall–Kier alpha value is -1.38. The van der Waals surface area contributed by atoms with Gasteiger partial charge >= 0.3 is 0 Å². The molecule has 1 aromatic carbocycles. The van der Waals surface area contributed by atoms with E-state index in [-0.39, 0.29) is 11.5 Å². The van der Waals surface area contributed by atoms with E-state index in [0.29, 0.717) is 11.8 Å². The first kappa shape index (κ1) is 11.7. The van der Waals surface area contributed by atoms with Gasteiger partial charge in [-0.05, 0) is 49.7 Å². The topological polar surface area (TPSA) is 20.3 Å². The maximum absolute atomic E-state index is 13.7. The van der Waals surface area contributed by atoms with E-state index < -0.39 is 5.82 Å². The molecular formula is C15H18FNO. The van der Waals surface area contributed by atoms with Crippen LogP contribution >= 0.6 is 0 Å². The maximum atomic E-state index is 13.7. The summed E-state index contributed by atoms with van der Waals surface area (Å²) in [5.41, 5.74) is 0.221. The minimum Gasteiger partial charge on any atom is -0.338 e. The fourth-order valence-electron chi connectivity index (χ4n) is 2.27. The van der Waals surface area contributed by atoms with Crippen molar-refractivity contribution < 1.29 is 9.18 Å². The molecule has 96 valence electrons. The van der Waals surface area contributed by atoms with E-state index in [2.05, 4.69) is 0 Å². The van der Waals surface area contributed by atoms with Crippen molar-refractivity contribution >= 4 is 5.91 Å². The predicted molar refractivity (Wildman–Crippen MR) is 67.8 cm³/mol. The van der Waals surface area contributed by atoms with Gasteiger partial charge in [-0.25, -0.2) is 4.39 Å². The molecule has 0 atom stereocenters. The maximum Gasteiger partial charge on any atom is 0.256 e. The first-order valence-electron chi connectivity index (χ1n) is 6.78. The molecule has 0 aromatic heterocycles. The van der Waals surface area contributed by atoms with Crippen LogP contribution in [0.3, 0.4) is 0 Å². The second-order valence-corrected chi connectivity index (χ2v) is 5.58. The van der Waals surface area contributed by atoms with Crippen molar-refractivity contribution in [2.45, 2.75) is 25.7 Å². The Labute approximate surface area is 107 Å². The molecule has 0 spiro atoms. The van der Waals surface area contributed by atoms with Crippen molar-refractivity contribution in [3.63, 3.8) is 0 Å². The van der Waals surface area contributed by atoms with Crippen LogP contribution < -0.4 is 0 Å². The third-order valence-electron chi connectivity index (χ3n) is 3.74. The van der Waals surface area contributed by atoms with Crippen LogP contribution in [0.25, 0.3) is 0 Å². The molecule has 1 amide bonds. The number of carbonyl (C=O) groups is 1. The molecule has 0 aliphatic heterocycles. The number of nitrogens with zero attached hydrogens (tertiary/aromatic N) is 1. The van der Waals surface area contributed by atoms with Gasteiger partial charge in [0.2, 0.25) is 0 Å².